The van der Waals surface area contributed by atoms with Crippen LogP contribution in [0.25, 0.3) is 0 Å². The summed E-state index contributed by atoms with van der Waals surface area (Å²) in [6, 6.07) is 6.66. The Labute approximate surface area is 126 Å². The van der Waals surface area contributed by atoms with E-state index < -0.39 is 0 Å². The molecule has 0 aliphatic heterocycles. The molecule has 21 heavy (non-hydrogen) atoms. The molecule has 2 amide bonds. The third-order valence-electron chi connectivity index (χ3n) is 2.89. The predicted molar refractivity (Wildman–Crippen MR) is 82.4 cm³/mol. The molecule has 0 radical (unpaired) electrons. The van der Waals surface area contributed by atoms with Crippen LogP contribution >= 0.6 is 0 Å². The second-order valence-electron chi connectivity index (χ2n) is 5.28. The Morgan fingerprint density at radius 1 is 1.05 bits per heavy atom. The molecule has 0 bridgehead atoms. The fraction of sp³-hybridized carbons (Fsp3) is 0.500. The summed E-state index contributed by atoms with van der Waals surface area (Å²) in [6.07, 6.45) is 0.776. The Hall–Kier alpha value is -1.88. The van der Waals surface area contributed by atoms with E-state index in [0.717, 1.165) is 6.42 Å². The maximum atomic E-state index is 11.9. The second kappa shape index (κ2) is 9.13. The zero-order valence-electron chi connectivity index (χ0n) is 12.9. The van der Waals surface area contributed by atoms with Crippen LogP contribution in [0.5, 0.6) is 0 Å². The molecule has 0 heterocycles. The van der Waals surface area contributed by atoms with Gasteiger partial charge in [-0.2, -0.15) is 0 Å². The van der Waals surface area contributed by atoms with Crippen molar-refractivity contribution in [2.75, 3.05) is 26.8 Å². The van der Waals surface area contributed by atoms with E-state index in [4.69, 9.17) is 4.74 Å². The van der Waals surface area contributed by atoms with E-state index in [2.05, 4.69) is 10.6 Å². The number of carbonyl (C=O) groups excluding carboxylic acids is 2. The van der Waals surface area contributed by atoms with Crippen LogP contribution in [0.3, 0.4) is 0 Å². The van der Waals surface area contributed by atoms with Crippen molar-refractivity contribution in [2.45, 2.75) is 20.3 Å². The maximum Gasteiger partial charge on any atom is 0.251 e. The normalized spacial score (nSPS) is 10.5. The molecule has 0 unspecified atom stereocenters. The van der Waals surface area contributed by atoms with Crippen molar-refractivity contribution < 1.29 is 14.3 Å². The molecule has 1 aromatic carbocycles. The third kappa shape index (κ3) is 6.40. The van der Waals surface area contributed by atoms with Crippen LogP contribution in [-0.2, 0) is 4.74 Å². The molecule has 5 heteroatoms. The number of benzene rings is 1. The molecule has 5 nitrogen and oxygen atoms in total. The highest BCUT2D eigenvalue weighted by molar-refractivity contribution is 5.97. The molecular formula is C16H24N2O3. The number of hydrogen-bond acceptors (Lipinski definition) is 3. The first-order valence-corrected chi connectivity index (χ1v) is 7.20. The second-order valence-corrected chi connectivity index (χ2v) is 5.28. The summed E-state index contributed by atoms with van der Waals surface area (Å²) >= 11 is 0. The molecule has 0 aromatic heterocycles. The zero-order valence-corrected chi connectivity index (χ0v) is 12.9. The van der Waals surface area contributed by atoms with Gasteiger partial charge in [0.15, 0.2) is 0 Å². The van der Waals surface area contributed by atoms with E-state index in [1.165, 1.54) is 0 Å². The van der Waals surface area contributed by atoms with Crippen molar-refractivity contribution in [1.29, 1.82) is 0 Å². The minimum Gasteiger partial charge on any atom is -0.385 e. The number of hydrogen-bond donors (Lipinski definition) is 2. The lowest BCUT2D eigenvalue weighted by atomic mass is 10.1. The van der Waals surface area contributed by atoms with Gasteiger partial charge in [-0.05, 0) is 36.6 Å². The molecule has 1 rings (SSSR count). The number of amides is 2. The summed E-state index contributed by atoms with van der Waals surface area (Å²) in [4.78, 5) is 23.7. The number of ether oxygens (including phenoxy) is 1. The molecule has 0 spiro atoms. The van der Waals surface area contributed by atoms with Crippen molar-refractivity contribution in [3.05, 3.63) is 35.4 Å². The number of rotatable bonds is 8. The molecule has 116 valence electrons. The number of nitrogens with one attached hydrogen (secondary N) is 2. The molecule has 1 aromatic rings. The predicted octanol–water partition coefficient (Wildman–Crippen LogP) is 1.84. The number of methoxy groups -OCH3 is 1. The van der Waals surface area contributed by atoms with Crippen LogP contribution in [0.15, 0.2) is 24.3 Å². The SMILES string of the molecule is COCCCNC(=O)c1ccc(C(=O)NCC(C)C)cc1. The smallest absolute Gasteiger partial charge is 0.251 e. The van der Waals surface area contributed by atoms with Crippen molar-refractivity contribution in [3.8, 4) is 0 Å². The lowest BCUT2D eigenvalue weighted by molar-refractivity contribution is 0.0937. The first-order valence-electron chi connectivity index (χ1n) is 7.20. The first-order chi connectivity index (χ1) is 10.0. The minimum atomic E-state index is -0.139. The van der Waals surface area contributed by atoms with Gasteiger partial charge in [-0.25, -0.2) is 0 Å². The summed E-state index contributed by atoms with van der Waals surface area (Å²) in [6.45, 7) is 5.91. The Balaban J connectivity index is 2.49. The largest absolute Gasteiger partial charge is 0.385 e. The lowest BCUT2D eigenvalue weighted by Gasteiger charge is -2.08. The molecule has 0 aliphatic rings. The monoisotopic (exact) mass is 292 g/mol. The maximum absolute atomic E-state index is 11.9. The Kier molecular flexibility index (Phi) is 7.46. The van der Waals surface area contributed by atoms with Gasteiger partial charge in [0.2, 0.25) is 0 Å². The molecule has 0 saturated carbocycles. The van der Waals surface area contributed by atoms with Crippen LogP contribution in [0.4, 0.5) is 0 Å². The quantitative estimate of drug-likeness (QED) is 0.718. The lowest BCUT2D eigenvalue weighted by Crippen LogP contribution is -2.27. The molecule has 0 atom stereocenters. The first kappa shape index (κ1) is 17.2. The van der Waals surface area contributed by atoms with Gasteiger partial charge in [0.05, 0.1) is 0 Å². The molecule has 0 fully saturated rings. The van der Waals surface area contributed by atoms with Crippen LogP contribution in [0.2, 0.25) is 0 Å². The highest BCUT2D eigenvalue weighted by atomic mass is 16.5. The van der Waals surface area contributed by atoms with Crippen molar-refractivity contribution in [3.63, 3.8) is 0 Å². The molecular weight excluding hydrogens is 268 g/mol. The van der Waals surface area contributed by atoms with E-state index in [1.54, 1.807) is 31.4 Å². The van der Waals surface area contributed by atoms with E-state index in [1.807, 2.05) is 13.8 Å². The summed E-state index contributed by atoms with van der Waals surface area (Å²) in [5, 5.41) is 5.65. The van der Waals surface area contributed by atoms with Crippen LogP contribution in [0.1, 0.15) is 41.0 Å². The van der Waals surface area contributed by atoms with Gasteiger partial charge in [0, 0.05) is 37.9 Å². The summed E-state index contributed by atoms with van der Waals surface area (Å²) in [5.41, 5.74) is 1.11. The van der Waals surface area contributed by atoms with Gasteiger partial charge in [-0.15, -0.1) is 0 Å². The van der Waals surface area contributed by atoms with Crippen molar-refractivity contribution in [1.82, 2.24) is 10.6 Å². The van der Waals surface area contributed by atoms with E-state index in [0.29, 0.717) is 36.7 Å². The average molecular weight is 292 g/mol. The van der Waals surface area contributed by atoms with Gasteiger partial charge in [0.25, 0.3) is 11.8 Å². The van der Waals surface area contributed by atoms with Crippen LogP contribution < -0.4 is 10.6 Å². The Morgan fingerprint density at radius 3 is 2.05 bits per heavy atom. The highest BCUT2D eigenvalue weighted by Crippen LogP contribution is 2.05. The van der Waals surface area contributed by atoms with Crippen LogP contribution in [-0.4, -0.2) is 38.6 Å². The van der Waals surface area contributed by atoms with E-state index in [9.17, 15) is 9.59 Å². The summed E-state index contributed by atoms with van der Waals surface area (Å²) in [5.74, 6) is 0.155. The third-order valence-corrected chi connectivity index (χ3v) is 2.89. The molecule has 0 aliphatic carbocycles. The standard InChI is InChI=1S/C16H24N2O3/c1-12(2)11-18-16(20)14-7-5-13(6-8-14)15(19)17-9-4-10-21-3/h5-8,12H,4,9-11H2,1-3H3,(H,17,19)(H,18,20). The fourth-order valence-electron chi connectivity index (χ4n) is 1.69. The van der Waals surface area contributed by atoms with Gasteiger partial charge >= 0.3 is 0 Å². The molecule has 0 saturated heterocycles. The van der Waals surface area contributed by atoms with Crippen molar-refractivity contribution >= 4 is 11.8 Å². The minimum absolute atomic E-state index is 0.115. The highest BCUT2D eigenvalue weighted by Gasteiger charge is 2.08. The fourth-order valence-corrected chi connectivity index (χ4v) is 1.69. The van der Waals surface area contributed by atoms with Crippen molar-refractivity contribution in [2.24, 2.45) is 5.92 Å². The van der Waals surface area contributed by atoms with Gasteiger partial charge in [-0.1, -0.05) is 13.8 Å². The van der Waals surface area contributed by atoms with Gasteiger partial charge < -0.3 is 15.4 Å². The van der Waals surface area contributed by atoms with Gasteiger partial charge in [-0.3, -0.25) is 9.59 Å². The van der Waals surface area contributed by atoms with Crippen LogP contribution in [0, 0.1) is 5.92 Å². The van der Waals surface area contributed by atoms with E-state index >= 15 is 0 Å². The number of carbonyl (C=O) groups is 2. The summed E-state index contributed by atoms with van der Waals surface area (Å²) < 4.78 is 4.92. The summed E-state index contributed by atoms with van der Waals surface area (Å²) in [7, 11) is 1.63. The molecule has 2 N–H and O–H groups in total. The Bertz CT molecular complexity index is 455. The average Bonchev–Trinajstić information content (AvgIpc) is 2.49. The Morgan fingerprint density at radius 2 is 1.57 bits per heavy atom. The topological polar surface area (TPSA) is 67.4 Å². The zero-order chi connectivity index (χ0) is 15.7. The van der Waals surface area contributed by atoms with E-state index in [-0.39, 0.29) is 11.8 Å². The van der Waals surface area contributed by atoms with Gasteiger partial charge in [0.1, 0.15) is 0 Å².